The van der Waals surface area contributed by atoms with Gasteiger partial charge >= 0.3 is 5.69 Å². The van der Waals surface area contributed by atoms with Crippen LogP contribution in [0, 0.1) is 10.1 Å². The van der Waals surface area contributed by atoms with Crippen molar-refractivity contribution >= 4 is 29.1 Å². The molecule has 2 aromatic carbocycles. The monoisotopic (exact) mass is 463 g/mol. The predicted octanol–water partition coefficient (Wildman–Crippen LogP) is 3.58. The molecule has 2 amide bonds. The summed E-state index contributed by atoms with van der Waals surface area (Å²) >= 11 is 6.27. The van der Waals surface area contributed by atoms with Crippen molar-refractivity contribution in [3.8, 4) is 11.5 Å². The molecule has 0 unspecified atom stereocenters. The van der Waals surface area contributed by atoms with Gasteiger partial charge in [0.15, 0.2) is 6.61 Å². The number of benzene rings is 2. The fourth-order valence-corrected chi connectivity index (χ4v) is 3.34. The van der Waals surface area contributed by atoms with Crippen molar-refractivity contribution in [3.05, 3.63) is 63.2 Å². The van der Waals surface area contributed by atoms with Crippen LogP contribution in [0.25, 0.3) is 0 Å². The summed E-state index contributed by atoms with van der Waals surface area (Å²) in [5.41, 5.74) is 0.482. The van der Waals surface area contributed by atoms with Crippen molar-refractivity contribution in [1.29, 1.82) is 0 Å². The van der Waals surface area contributed by atoms with Crippen molar-refractivity contribution in [1.82, 2.24) is 10.2 Å². The molecule has 0 spiro atoms. The number of amides is 2. The summed E-state index contributed by atoms with van der Waals surface area (Å²) in [5, 5.41) is 14.3. The minimum absolute atomic E-state index is 0.0154. The highest BCUT2D eigenvalue weighted by Gasteiger charge is 2.29. The normalized spacial score (nSPS) is 11.4. The Morgan fingerprint density at radius 1 is 1.22 bits per heavy atom. The number of carbonyl (C=O) groups is 2. The maximum Gasteiger partial charge on any atom is 0.311 e. The average molecular weight is 464 g/mol. The molecule has 0 saturated carbocycles. The number of hydrogen-bond acceptors (Lipinski definition) is 6. The van der Waals surface area contributed by atoms with Gasteiger partial charge in [0.25, 0.3) is 5.91 Å². The molecule has 0 fully saturated rings. The highest BCUT2D eigenvalue weighted by Crippen LogP contribution is 2.31. The molecule has 9 nitrogen and oxygen atoms in total. The maximum absolute atomic E-state index is 13.1. The molecule has 0 bridgehead atoms. The number of ether oxygens (including phenoxy) is 2. The van der Waals surface area contributed by atoms with Crippen LogP contribution in [0.4, 0.5) is 5.69 Å². The Morgan fingerprint density at radius 3 is 2.53 bits per heavy atom. The Hall–Kier alpha value is -3.33. The molecule has 172 valence electrons. The molecule has 0 aliphatic carbocycles. The van der Waals surface area contributed by atoms with Crippen LogP contribution in [-0.4, -0.2) is 47.9 Å². The lowest BCUT2D eigenvalue weighted by Gasteiger charge is -2.30. The lowest BCUT2D eigenvalue weighted by atomic mass is 10.1. The minimum Gasteiger partial charge on any atom is -0.490 e. The number of carbonyl (C=O) groups excluding carboxylic acids is 2. The highest BCUT2D eigenvalue weighted by atomic mass is 35.5. The summed E-state index contributed by atoms with van der Waals surface area (Å²) in [6.07, 6.45) is 0.396. The second-order valence-corrected chi connectivity index (χ2v) is 7.22. The lowest BCUT2D eigenvalue weighted by Crippen LogP contribution is -2.50. The van der Waals surface area contributed by atoms with Gasteiger partial charge in [-0.25, -0.2) is 0 Å². The van der Waals surface area contributed by atoms with E-state index in [1.54, 1.807) is 31.2 Å². The second-order valence-electron chi connectivity index (χ2n) is 6.81. The van der Waals surface area contributed by atoms with Crippen LogP contribution in [-0.2, 0) is 16.1 Å². The van der Waals surface area contributed by atoms with Crippen molar-refractivity contribution in [3.63, 3.8) is 0 Å². The standard InChI is InChI=1S/C22H26ClN3O6/c1-4-18(22(28)24-5-2)25(13-15-8-6-7-9-17(15)23)21(27)14-32-16-10-11-19(26(29)30)20(12-16)31-3/h6-12,18H,4-5,13-14H2,1-3H3,(H,24,28)/t18-/m0/s1. The first-order valence-electron chi connectivity index (χ1n) is 10.1. The molecule has 0 heterocycles. The van der Waals surface area contributed by atoms with Crippen LogP contribution in [0.1, 0.15) is 25.8 Å². The van der Waals surface area contributed by atoms with Crippen molar-refractivity contribution in [2.24, 2.45) is 0 Å². The Balaban J connectivity index is 2.24. The number of likely N-dealkylation sites (N-methyl/N-ethyl adjacent to an activating group) is 1. The third-order valence-corrected chi connectivity index (χ3v) is 5.11. The molecule has 0 aliphatic rings. The number of methoxy groups -OCH3 is 1. The smallest absolute Gasteiger partial charge is 0.311 e. The van der Waals surface area contributed by atoms with E-state index < -0.39 is 16.9 Å². The lowest BCUT2D eigenvalue weighted by molar-refractivity contribution is -0.385. The number of halogens is 1. The summed E-state index contributed by atoms with van der Waals surface area (Å²) in [6, 6.07) is 10.3. The quantitative estimate of drug-likeness (QED) is 0.402. The molecule has 0 aliphatic heterocycles. The van der Waals surface area contributed by atoms with Gasteiger partial charge in [-0.05, 0) is 31.0 Å². The maximum atomic E-state index is 13.1. The molecule has 0 aromatic heterocycles. The van der Waals surface area contributed by atoms with Crippen LogP contribution in [0.5, 0.6) is 11.5 Å². The van der Waals surface area contributed by atoms with E-state index in [0.29, 0.717) is 23.6 Å². The summed E-state index contributed by atoms with van der Waals surface area (Å²) in [7, 11) is 1.31. The third-order valence-electron chi connectivity index (χ3n) is 4.75. The van der Waals surface area contributed by atoms with Crippen LogP contribution < -0.4 is 14.8 Å². The van der Waals surface area contributed by atoms with Gasteiger partial charge in [-0.1, -0.05) is 36.7 Å². The van der Waals surface area contributed by atoms with Crippen LogP contribution in [0.15, 0.2) is 42.5 Å². The SMILES string of the molecule is CCNC(=O)[C@H](CC)N(Cc1ccccc1Cl)C(=O)COc1ccc([N+](=O)[O-])c(OC)c1. The van der Waals surface area contributed by atoms with E-state index in [1.165, 1.54) is 30.2 Å². The first-order valence-corrected chi connectivity index (χ1v) is 10.5. The number of nitrogens with zero attached hydrogens (tertiary/aromatic N) is 2. The van der Waals surface area contributed by atoms with Gasteiger partial charge in [-0.15, -0.1) is 0 Å². The molecule has 10 heteroatoms. The van der Waals surface area contributed by atoms with E-state index in [1.807, 2.05) is 6.92 Å². The topological polar surface area (TPSA) is 111 Å². The highest BCUT2D eigenvalue weighted by molar-refractivity contribution is 6.31. The molecule has 1 N–H and O–H groups in total. The molecule has 2 aromatic rings. The number of rotatable bonds is 11. The van der Waals surface area contributed by atoms with E-state index in [4.69, 9.17) is 21.1 Å². The van der Waals surface area contributed by atoms with E-state index in [2.05, 4.69) is 5.32 Å². The van der Waals surface area contributed by atoms with E-state index >= 15 is 0 Å². The summed E-state index contributed by atoms with van der Waals surface area (Å²) in [4.78, 5) is 37.6. The first kappa shape index (κ1) is 24.9. The van der Waals surface area contributed by atoms with Gasteiger partial charge in [0.2, 0.25) is 11.7 Å². The second kappa shape index (κ2) is 11.9. The fraction of sp³-hybridized carbons (Fsp3) is 0.364. The number of nitrogens with one attached hydrogen (secondary N) is 1. The van der Waals surface area contributed by atoms with E-state index in [9.17, 15) is 19.7 Å². The predicted molar refractivity (Wildman–Crippen MR) is 120 cm³/mol. The summed E-state index contributed by atoms with van der Waals surface area (Å²) in [6.45, 7) is 3.80. The zero-order valence-electron chi connectivity index (χ0n) is 18.2. The Labute approximate surface area is 191 Å². The summed E-state index contributed by atoms with van der Waals surface area (Å²) < 4.78 is 10.6. The Morgan fingerprint density at radius 2 is 1.94 bits per heavy atom. The Kier molecular flexibility index (Phi) is 9.27. The Bertz CT molecular complexity index is 968. The van der Waals surface area contributed by atoms with Gasteiger partial charge in [0.1, 0.15) is 11.8 Å². The minimum atomic E-state index is -0.714. The fourth-order valence-electron chi connectivity index (χ4n) is 3.15. The zero-order chi connectivity index (χ0) is 23.7. The van der Waals surface area contributed by atoms with Gasteiger partial charge in [0.05, 0.1) is 12.0 Å². The van der Waals surface area contributed by atoms with Crippen LogP contribution >= 0.6 is 11.6 Å². The van der Waals surface area contributed by atoms with Gasteiger partial charge in [-0.2, -0.15) is 0 Å². The largest absolute Gasteiger partial charge is 0.490 e. The van der Waals surface area contributed by atoms with E-state index in [0.717, 1.165) is 0 Å². The molecule has 32 heavy (non-hydrogen) atoms. The molecular weight excluding hydrogens is 438 g/mol. The average Bonchev–Trinajstić information content (AvgIpc) is 2.78. The number of hydrogen-bond donors (Lipinski definition) is 1. The number of nitro groups is 1. The van der Waals surface area contributed by atoms with Crippen LogP contribution in [0.3, 0.4) is 0 Å². The third kappa shape index (κ3) is 6.34. The molecule has 0 saturated heterocycles. The zero-order valence-corrected chi connectivity index (χ0v) is 18.9. The van der Waals surface area contributed by atoms with Crippen molar-refractivity contribution < 1.29 is 24.0 Å². The summed E-state index contributed by atoms with van der Waals surface area (Å²) in [5.74, 6) is -0.459. The van der Waals surface area contributed by atoms with Crippen molar-refractivity contribution in [2.45, 2.75) is 32.9 Å². The molecule has 0 radical (unpaired) electrons. The van der Waals surface area contributed by atoms with E-state index in [-0.39, 0.29) is 36.2 Å². The van der Waals surface area contributed by atoms with Crippen LogP contribution in [0.2, 0.25) is 5.02 Å². The van der Waals surface area contributed by atoms with Gasteiger partial charge in [-0.3, -0.25) is 19.7 Å². The molecular formula is C22H26ClN3O6. The number of nitro benzene ring substituents is 1. The van der Waals surface area contributed by atoms with Crippen molar-refractivity contribution in [2.75, 3.05) is 20.3 Å². The van der Waals surface area contributed by atoms with Gasteiger partial charge < -0.3 is 19.7 Å². The first-order chi connectivity index (χ1) is 15.3. The molecule has 1 atom stereocenters. The van der Waals surface area contributed by atoms with Gasteiger partial charge in [0, 0.05) is 30.2 Å². The molecule has 2 rings (SSSR count).